The van der Waals surface area contributed by atoms with E-state index in [1.54, 1.807) is 24.3 Å². The summed E-state index contributed by atoms with van der Waals surface area (Å²) in [5.74, 6) is 1.44. The largest absolute Gasteiger partial charge is 0.342 e. The van der Waals surface area contributed by atoms with Crippen LogP contribution in [0.5, 0.6) is 0 Å². The number of nitrogens with zero attached hydrogens (tertiary/aromatic N) is 3. The summed E-state index contributed by atoms with van der Waals surface area (Å²) in [6.45, 7) is 1.53. The van der Waals surface area contributed by atoms with Crippen molar-refractivity contribution in [1.82, 2.24) is 14.9 Å². The Morgan fingerprint density at radius 2 is 2.04 bits per heavy atom. The monoisotopic (exact) mass is 344 g/mol. The predicted octanol–water partition coefficient (Wildman–Crippen LogP) is 3.53. The zero-order valence-corrected chi connectivity index (χ0v) is 14.5. The van der Waals surface area contributed by atoms with Crippen molar-refractivity contribution in [1.29, 1.82) is 5.26 Å². The summed E-state index contributed by atoms with van der Waals surface area (Å²) in [6, 6.07) is 17.0. The van der Waals surface area contributed by atoms with Gasteiger partial charge in [-0.15, -0.1) is 0 Å². The lowest BCUT2D eigenvalue weighted by Gasteiger charge is -2.32. The molecule has 26 heavy (non-hydrogen) atoms. The molecule has 2 heterocycles. The summed E-state index contributed by atoms with van der Waals surface area (Å²) in [5, 5.41) is 8.89. The van der Waals surface area contributed by atoms with Crippen molar-refractivity contribution in [3.8, 4) is 6.07 Å². The van der Waals surface area contributed by atoms with Crippen LogP contribution in [0.3, 0.4) is 0 Å². The normalized spacial score (nSPS) is 17.2. The van der Waals surface area contributed by atoms with Gasteiger partial charge in [-0.25, -0.2) is 4.98 Å². The minimum Gasteiger partial charge on any atom is -0.342 e. The number of likely N-dealkylation sites (tertiary alicyclic amines) is 1. The van der Waals surface area contributed by atoms with Crippen molar-refractivity contribution in [2.75, 3.05) is 13.1 Å². The first-order valence-corrected chi connectivity index (χ1v) is 8.96. The van der Waals surface area contributed by atoms with Crippen molar-refractivity contribution in [2.45, 2.75) is 19.3 Å². The fourth-order valence-electron chi connectivity index (χ4n) is 3.66. The van der Waals surface area contributed by atoms with E-state index in [0.717, 1.165) is 49.2 Å². The predicted molar refractivity (Wildman–Crippen MR) is 99.6 cm³/mol. The first-order valence-electron chi connectivity index (χ1n) is 8.96. The summed E-state index contributed by atoms with van der Waals surface area (Å²) < 4.78 is 0. The molecule has 1 aliphatic rings. The molecule has 1 atom stereocenters. The Kier molecular flexibility index (Phi) is 4.40. The molecule has 5 heteroatoms. The minimum atomic E-state index is 0.0452. The van der Waals surface area contributed by atoms with Crippen LogP contribution in [-0.2, 0) is 6.42 Å². The van der Waals surface area contributed by atoms with Gasteiger partial charge in [0, 0.05) is 25.1 Å². The van der Waals surface area contributed by atoms with Crippen LogP contribution in [0, 0.1) is 17.2 Å². The summed E-state index contributed by atoms with van der Waals surface area (Å²) in [7, 11) is 0. The van der Waals surface area contributed by atoms with Gasteiger partial charge in [0.1, 0.15) is 5.82 Å². The molecule has 1 aromatic heterocycles. The number of amides is 1. The van der Waals surface area contributed by atoms with E-state index in [0.29, 0.717) is 17.0 Å². The van der Waals surface area contributed by atoms with Gasteiger partial charge < -0.3 is 9.88 Å². The number of hydrogen-bond acceptors (Lipinski definition) is 3. The number of rotatable bonds is 3. The Hall–Kier alpha value is -3.13. The number of benzene rings is 2. The molecule has 1 saturated heterocycles. The molecule has 0 saturated carbocycles. The second-order valence-electron chi connectivity index (χ2n) is 6.85. The maximum absolute atomic E-state index is 12.8. The standard InChI is InChI=1S/C21H20N4O/c22-13-15-7-9-17(10-8-15)21(26)25-11-3-4-16(14-25)12-20-23-18-5-1-2-6-19(18)24-20/h1-2,5-10,16H,3-4,11-12,14H2,(H,23,24). The average Bonchev–Trinajstić information content (AvgIpc) is 3.10. The summed E-state index contributed by atoms with van der Waals surface area (Å²) in [5.41, 5.74) is 3.27. The molecule has 1 unspecified atom stereocenters. The highest BCUT2D eigenvalue weighted by Crippen LogP contribution is 2.22. The summed E-state index contributed by atoms with van der Waals surface area (Å²) in [4.78, 5) is 22.7. The molecule has 1 aliphatic heterocycles. The van der Waals surface area contributed by atoms with E-state index in [1.165, 1.54) is 0 Å². The number of nitrogens with one attached hydrogen (secondary N) is 1. The second kappa shape index (κ2) is 7.01. The van der Waals surface area contributed by atoms with Crippen LogP contribution in [0.1, 0.15) is 34.6 Å². The van der Waals surface area contributed by atoms with Crippen molar-refractivity contribution in [3.63, 3.8) is 0 Å². The molecular weight excluding hydrogens is 324 g/mol. The molecular formula is C21H20N4O. The van der Waals surface area contributed by atoms with Crippen molar-refractivity contribution in [2.24, 2.45) is 5.92 Å². The minimum absolute atomic E-state index is 0.0452. The number of piperidine rings is 1. The molecule has 5 nitrogen and oxygen atoms in total. The molecule has 2 aromatic carbocycles. The first-order chi connectivity index (χ1) is 12.7. The number of imidazole rings is 1. The Morgan fingerprint density at radius 3 is 2.81 bits per heavy atom. The number of aromatic nitrogens is 2. The Bertz CT molecular complexity index is 935. The molecule has 0 spiro atoms. The van der Waals surface area contributed by atoms with E-state index >= 15 is 0 Å². The number of nitriles is 1. The molecule has 4 rings (SSSR count). The summed E-state index contributed by atoms with van der Waals surface area (Å²) >= 11 is 0. The smallest absolute Gasteiger partial charge is 0.253 e. The molecule has 0 radical (unpaired) electrons. The highest BCUT2D eigenvalue weighted by atomic mass is 16.2. The van der Waals surface area contributed by atoms with Crippen LogP contribution in [-0.4, -0.2) is 33.9 Å². The zero-order valence-electron chi connectivity index (χ0n) is 14.5. The van der Waals surface area contributed by atoms with Crippen LogP contribution >= 0.6 is 0 Å². The van der Waals surface area contributed by atoms with E-state index in [1.807, 2.05) is 29.2 Å². The number of fused-ring (bicyclic) bond motifs is 1. The SMILES string of the molecule is N#Cc1ccc(C(=O)N2CCCC(Cc3nc4ccccc4[nH]3)C2)cc1. The van der Waals surface area contributed by atoms with E-state index in [2.05, 4.69) is 16.0 Å². The van der Waals surface area contributed by atoms with Gasteiger partial charge in [0.05, 0.1) is 22.7 Å². The topological polar surface area (TPSA) is 72.8 Å². The first kappa shape index (κ1) is 16.3. The lowest BCUT2D eigenvalue weighted by molar-refractivity contribution is 0.0672. The van der Waals surface area contributed by atoms with Crippen LogP contribution in [0.2, 0.25) is 0 Å². The number of carbonyl (C=O) groups is 1. The third kappa shape index (κ3) is 3.31. The molecule has 1 N–H and O–H groups in total. The fourth-order valence-corrected chi connectivity index (χ4v) is 3.66. The highest BCUT2D eigenvalue weighted by molar-refractivity contribution is 5.94. The van der Waals surface area contributed by atoms with Gasteiger partial charge in [-0.1, -0.05) is 12.1 Å². The maximum Gasteiger partial charge on any atom is 0.253 e. The molecule has 3 aromatic rings. The number of H-pyrrole nitrogens is 1. The van der Waals surface area contributed by atoms with Gasteiger partial charge in [-0.3, -0.25) is 4.79 Å². The molecule has 130 valence electrons. The zero-order chi connectivity index (χ0) is 17.9. The fraction of sp³-hybridized carbons (Fsp3) is 0.286. The molecule has 0 aliphatic carbocycles. The molecule has 1 fully saturated rings. The lowest BCUT2D eigenvalue weighted by atomic mass is 9.94. The van der Waals surface area contributed by atoms with Gasteiger partial charge in [0.15, 0.2) is 0 Å². The van der Waals surface area contributed by atoms with Crippen LogP contribution in [0.4, 0.5) is 0 Å². The second-order valence-corrected chi connectivity index (χ2v) is 6.85. The van der Waals surface area contributed by atoms with E-state index in [-0.39, 0.29) is 5.91 Å². The van der Waals surface area contributed by atoms with Gasteiger partial charge in [0.2, 0.25) is 0 Å². The van der Waals surface area contributed by atoms with Crippen LogP contribution < -0.4 is 0 Å². The Balaban J connectivity index is 1.44. The number of para-hydroxylation sites is 2. The average molecular weight is 344 g/mol. The van der Waals surface area contributed by atoms with Crippen LogP contribution in [0.25, 0.3) is 11.0 Å². The van der Waals surface area contributed by atoms with Crippen LogP contribution in [0.15, 0.2) is 48.5 Å². The van der Waals surface area contributed by atoms with E-state index in [9.17, 15) is 4.79 Å². The van der Waals surface area contributed by atoms with E-state index in [4.69, 9.17) is 5.26 Å². The quantitative estimate of drug-likeness (QED) is 0.790. The van der Waals surface area contributed by atoms with E-state index < -0.39 is 0 Å². The molecule has 1 amide bonds. The third-order valence-electron chi connectivity index (χ3n) is 4.99. The summed E-state index contributed by atoms with van der Waals surface area (Å²) in [6.07, 6.45) is 2.97. The Labute approximate surface area is 152 Å². The van der Waals surface area contributed by atoms with Gasteiger partial charge in [-0.2, -0.15) is 5.26 Å². The van der Waals surface area contributed by atoms with Gasteiger partial charge >= 0.3 is 0 Å². The third-order valence-corrected chi connectivity index (χ3v) is 4.99. The Morgan fingerprint density at radius 1 is 1.23 bits per heavy atom. The van der Waals surface area contributed by atoms with Gasteiger partial charge in [-0.05, 0) is 55.2 Å². The molecule has 0 bridgehead atoms. The lowest BCUT2D eigenvalue weighted by Crippen LogP contribution is -2.40. The number of carbonyl (C=O) groups excluding carboxylic acids is 1. The maximum atomic E-state index is 12.8. The van der Waals surface area contributed by atoms with Gasteiger partial charge in [0.25, 0.3) is 5.91 Å². The number of hydrogen-bond donors (Lipinski definition) is 1. The highest BCUT2D eigenvalue weighted by Gasteiger charge is 2.25. The van der Waals surface area contributed by atoms with Crippen molar-refractivity contribution < 1.29 is 4.79 Å². The number of aromatic amines is 1. The van der Waals surface area contributed by atoms with Crippen molar-refractivity contribution >= 4 is 16.9 Å². The van der Waals surface area contributed by atoms with Crippen molar-refractivity contribution in [3.05, 3.63) is 65.5 Å².